The normalized spacial score (nSPS) is 15.6. The molecular formula is C23H26N8O. The molecule has 1 aliphatic heterocycles. The standard InChI is InChI=1S/C23H26N8O/c1-14(2)19-20(16-9-18(32-4)23-26-12-27-31(23)11-16)28-17-10-25-22(29-21(17)19)15-5-7-30(8-6-15)13-24-3/h9-12,14-15,28H,5-8,13H2,1-2,4H3. The molecule has 0 unspecified atom stereocenters. The van der Waals surface area contributed by atoms with Gasteiger partial charge in [0.05, 0.1) is 30.0 Å². The molecule has 1 aliphatic rings. The minimum atomic E-state index is 0.263. The molecule has 4 aromatic rings. The highest BCUT2D eigenvalue weighted by Gasteiger charge is 2.26. The number of likely N-dealkylation sites (tertiary alicyclic amines) is 1. The van der Waals surface area contributed by atoms with E-state index in [-0.39, 0.29) is 5.92 Å². The first-order valence-corrected chi connectivity index (χ1v) is 10.9. The average molecular weight is 431 g/mol. The fourth-order valence-corrected chi connectivity index (χ4v) is 4.61. The second-order valence-corrected chi connectivity index (χ2v) is 8.58. The van der Waals surface area contributed by atoms with Gasteiger partial charge in [-0.1, -0.05) is 13.8 Å². The van der Waals surface area contributed by atoms with Gasteiger partial charge in [0.2, 0.25) is 0 Å². The molecule has 0 aromatic carbocycles. The van der Waals surface area contributed by atoms with Gasteiger partial charge in [-0.3, -0.25) is 4.85 Å². The SMILES string of the molecule is [C-]#[N+]CN1CCC(c2ncc3[nH]c(-c4cc(OC)c5ncnn5c4)c(C(C)C)c3n2)CC1. The molecule has 0 spiro atoms. The van der Waals surface area contributed by atoms with Crippen molar-refractivity contribution in [3.05, 3.63) is 47.6 Å². The summed E-state index contributed by atoms with van der Waals surface area (Å²) in [5, 5.41) is 4.30. The number of hydrogen-bond donors (Lipinski definition) is 1. The molecular weight excluding hydrogens is 404 g/mol. The minimum absolute atomic E-state index is 0.263. The van der Waals surface area contributed by atoms with Crippen molar-refractivity contribution >= 4 is 16.7 Å². The molecule has 5 heterocycles. The zero-order valence-electron chi connectivity index (χ0n) is 18.5. The number of pyridine rings is 1. The molecule has 0 amide bonds. The molecule has 0 atom stereocenters. The fourth-order valence-electron chi connectivity index (χ4n) is 4.61. The van der Waals surface area contributed by atoms with Crippen LogP contribution in [0.3, 0.4) is 0 Å². The topological polar surface area (TPSA) is 88.6 Å². The smallest absolute Gasteiger partial charge is 0.270 e. The molecule has 1 N–H and O–H groups in total. The van der Waals surface area contributed by atoms with Gasteiger partial charge in [0.25, 0.3) is 6.67 Å². The van der Waals surface area contributed by atoms with E-state index in [0.29, 0.717) is 24.0 Å². The van der Waals surface area contributed by atoms with Crippen molar-refractivity contribution in [2.24, 2.45) is 0 Å². The van der Waals surface area contributed by atoms with Gasteiger partial charge in [-0.15, -0.1) is 0 Å². The molecule has 0 radical (unpaired) electrons. The largest absolute Gasteiger partial charge is 0.493 e. The summed E-state index contributed by atoms with van der Waals surface area (Å²) in [6.45, 7) is 13.8. The molecule has 9 nitrogen and oxygen atoms in total. The average Bonchev–Trinajstić information content (AvgIpc) is 3.43. The summed E-state index contributed by atoms with van der Waals surface area (Å²) in [6, 6.07) is 1.99. The number of fused-ring (bicyclic) bond motifs is 2. The highest BCUT2D eigenvalue weighted by atomic mass is 16.5. The highest BCUT2D eigenvalue weighted by molar-refractivity contribution is 5.88. The number of ether oxygens (including phenoxy) is 1. The van der Waals surface area contributed by atoms with Crippen molar-refractivity contribution in [2.75, 3.05) is 26.9 Å². The van der Waals surface area contributed by atoms with Crippen LogP contribution in [0.2, 0.25) is 0 Å². The zero-order valence-corrected chi connectivity index (χ0v) is 18.5. The van der Waals surface area contributed by atoms with E-state index >= 15 is 0 Å². The van der Waals surface area contributed by atoms with Crippen LogP contribution in [0.5, 0.6) is 5.75 Å². The van der Waals surface area contributed by atoms with Crippen LogP contribution in [0.15, 0.2) is 24.8 Å². The van der Waals surface area contributed by atoms with E-state index in [4.69, 9.17) is 21.3 Å². The van der Waals surface area contributed by atoms with E-state index in [2.05, 4.69) is 38.7 Å². The Morgan fingerprint density at radius 2 is 2.09 bits per heavy atom. The van der Waals surface area contributed by atoms with E-state index in [1.54, 1.807) is 11.6 Å². The van der Waals surface area contributed by atoms with Crippen LogP contribution in [0.4, 0.5) is 0 Å². The van der Waals surface area contributed by atoms with Gasteiger partial charge in [0, 0.05) is 36.3 Å². The molecule has 164 valence electrons. The van der Waals surface area contributed by atoms with Gasteiger partial charge in [-0.05, 0) is 24.8 Å². The monoisotopic (exact) mass is 430 g/mol. The predicted octanol–water partition coefficient (Wildman–Crippen LogP) is 3.86. The second-order valence-electron chi connectivity index (χ2n) is 8.58. The summed E-state index contributed by atoms with van der Waals surface area (Å²) in [6.07, 6.45) is 7.36. The van der Waals surface area contributed by atoms with Gasteiger partial charge in [0.1, 0.15) is 12.2 Å². The lowest BCUT2D eigenvalue weighted by Crippen LogP contribution is -2.33. The van der Waals surface area contributed by atoms with Crippen LogP contribution in [0, 0.1) is 6.57 Å². The Balaban J connectivity index is 1.57. The Hall–Kier alpha value is -3.51. The Morgan fingerprint density at radius 3 is 2.81 bits per heavy atom. The maximum atomic E-state index is 7.08. The fraction of sp³-hybridized carbons (Fsp3) is 0.435. The summed E-state index contributed by atoms with van der Waals surface area (Å²) in [5.41, 5.74) is 5.72. The van der Waals surface area contributed by atoms with Gasteiger partial charge in [0.15, 0.2) is 11.4 Å². The molecule has 32 heavy (non-hydrogen) atoms. The highest BCUT2D eigenvalue weighted by Crippen LogP contribution is 2.37. The molecule has 0 saturated carbocycles. The van der Waals surface area contributed by atoms with Crippen molar-refractivity contribution in [2.45, 2.75) is 38.5 Å². The lowest BCUT2D eigenvalue weighted by molar-refractivity contribution is 0.228. The Bertz CT molecular complexity index is 1310. The first kappa shape index (κ1) is 20.4. The molecule has 1 fully saturated rings. The minimum Gasteiger partial charge on any atom is -0.493 e. The number of rotatable bonds is 5. The number of piperidine rings is 1. The van der Waals surface area contributed by atoms with E-state index in [9.17, 15) is 0 Å². The Labute approximate surface area is 186 Å². The summed E-state index contributed by atoms with van der Waals surface area (Å²) in [5.74, 6) is 2.16. The van der Waals surface area contributed by atoms with Gasteiger partial charge in [-0.25, -0.2) is 30.9 Å². The number of hydrogen-bond acceptors (Lipinski definition) is 6. The zero-order chi connectivity index (χ0) is 22.2. The summed E-state index contributed by atoms with van der Waals surface area (Å²) in [4.78, 5) is 23.3. The lowest BCUT2D eigenvalue weighted by Gasteiger charge is -2.27. The van der Waals surface area contributed by atoms with E-state index in [0.717, 1.165) is 59.6 Å². The van der Waals surface area contributed by atoms with Crippen molar-refractivity contribution in [3.8, 4) is 17.0 Å². The van der Waals surface area contributed by atoms with Crippen LogP contribution < -0.4 is 4.74 Å². The van der Waals surface area contributed by atoms with Gasteiger partial charge in [-0.2, -0.15) is 5.10 Å². The number of aromatic amines is 1. The summed E-state index contributed by atoms with van der Waals surface area (Å²) in [7, 11) is 1.64. The number of nitrogens with zero attached hydrogens (tertiary/aromatic N) is 7. The molecule has 0 bridgehead atoms. The summed E-state index contributed by atoms with van der Waals surface area (Å²) >= 11 is 0. The van der Waals surface area contributed by atoms with Crippen LogP contribution in [-0.2, 0) is 0 Å². The van der Waals surface area contributed by atoms with E-state index < -0.39 is 0 Å². The Morgan fingerprint density at radius 1 is 1.28 bits per heavy atom. The number of nitrogens with one attached hydrogen (secondary N) is 1. The van der Waals surface area contributed by atoms with Crippen LogP contribution in [-0.4, -0.2) is 61.3 Å². The van der Waals surface area contributed by atoms with Crippen LogP contribution >= 0.6 is 0 Å². The maximum absolute atomic E-state index is 7.08. The first-order valence-electron chi connectivity index (χ1n) is 10.9. The molecule has 9 heteroatoms. The molecule has 4 aromatic heterocycles. The number of H-pyrrole nitrogens is 1. The second kappa shape index (κ2) is 8.20. The number of methoxy groups -OCH3 is 1. The van der Waals surface area contributed by atoms with Gasteiger partial charge < -0.3 is 9.72 Å². The van der Waals surface area contributed by atoms with E-state index in [1.165, 1.54) is 6.33 Å². The molecule has 5 rings (SSSR count). The molecule has 1 saturated heterocycles. The number of aromatic nitrogens is 6. The third-order valence-electron chi connectivity index (χ3n) is 6.24. The van der Waals surface area contributed by atoms with Crippen molar-refractivity contribution in [3.63, 3.8) is 0 Å². The van der Waals surface area contributed by atoms with Crippen LogP contribution in [0.25, 0.3) is 32.8 Å². The lowest BCUT2D eigenvalue weighted by atomic mass is 9.95. The maximum Gasteiger partial charge on any atom is 0.270 e. The van der Waals surface area contributed by atoms with E-state index in [1.807, 2.05) is 18.5 Å². The molecule has 0 aliphatic carbocycles. The van der Waals surface area contributed by atoms with Gasteiger partial charge >= 0.3 is 0 Å². The first-order chi connectivity index (χ1) is 15.6. The Kier molecular flexibility index (Phi) is 5.23. The van der Waals surface area contributed by atoms with Crippen LogP contribution in [0.1, 0.15) is 49.9 Å². The summed E-state index contributed by atoms with van der Waals surface area (Å²) < 4.78 is 7.29. The third kappa shape index (κ3) is 3.46. The quantitative estimate of drug-likeness (QED) is 0.484. The van der Waals surface area contributed by atoms with Crippen molar-refractivity contribution < 1.29 is 4.74 Å². The third-order valence-corrected chi connectivity index (χ3v) is 6.24. The van der Waals surface area contributed by atoms with Crippen molar-refractivity contribution in [1.29, 1.82) is 0 Å². The van der Waals surface area contributed by atoms with Crippen molar-refractivity contribution in [1.82, 2.24) is 34.4 Å². The predicted molar refractivity (Wildman–Crippen MR) is 122 cm³/mol.